The van der Waals surface area contributed by atoms with Crippen molar-refractivity contribution in [3.63, 3.8) is 0 Å². The van der Waals surface area contributed by atoms with Crippen LogP contribution in [-0.4, -0.2) is 11.9 Å². The third-order valence-corrected chi connectivity index (χ3v) is 5.65. The summed E-state index contributed by atoms with van der Waals surface area (Å²) < 4.78 is 25.2. The maximum absolute atomic E-state index is 14.6. The third kappa shape index (κ3) is 5.65. The fourth-order valence-electron chi connectivity index (χ4n) is 3.48. The largest absolute Gasteiger partial charge is 0.426 e. The van der Waals surface area contributed by atoms with E-state index in [0.29, 0.717) is 16.7 Å². The van der Waals surface area contributed by atoms with Crippen LogP contribution in [0, 0.1) is 30.0 Å². The Balaban J connectivity index is 1.37. The lowest BCUT2D eigenvalue weighted by Crippen LogP contribution is -2.29. The molecule has 0 aliphatic heterocycles. The van der Waals surface area contributed by atoms with Crippen molar-refractivity contribution in [1.82, 2.24) is 0 Å². The molecule has 0 saturated heterocycles. The molecule has 0 aromatic heterocycles. The maximum Gasteiger partial charge on any atom is 0.325 e. The Kier molecular flexibility index (Phi) is 7.22. The van der Waals surface area contributed by atoms with E-state index in [0.717, 1.165) is 22.8 Å². The van der Waals surface area contributed by atoms with Crippen molar-refractivity contribution in [1.29, 1.82) is 5.26 Å². The molecule has 6 heteroatoms. The Morgan fingerprint density at radius 2 is 1.25 bits per heavy atom. The molecule has 0 fully saturated rings. The minimum absolute atomic E-state index is 0.000203. The van der Waals surface area contributed by atoms with Crippen molar-refractivity contribution in [2.24, 2.45) is 5.92 Å². The molecule has 1 atom stereocenters. The summed E-state index contributed by atoms with van der Waals surface area (Å²) in [6.45, 7) is 3.31. The van der Waals surface area contributed by atoms with Gasteiger partial charge in [0.15, 0.2) is 5.92 Å². The first-order valence-electron chi connectivity index (χ1n) is 11.2. The lowest BCUT2D eigenvalue weighted by Gasteiger charge is -2.12. The van der Waals surface area contributed by atoms with E-state index in [1.54, 1.807) is 36.4 Å². The number of benzene rings is 4. The van der Waals surface area contributed by atoms with Gasteiger partial charge >= 0.3 is 11.9 Å². The molecule has 0 aliphatic rings. The predicted molar refractivity (Wildman–Crippen MR) is 134 cm³/mol. The lowest BCUT2D eigenvalue weighted by atomic mass is 10.0. The highest BCUT2D eigenvalue weighted by molar-refractivity contribution is 5.96. The fraction of sp³-hybridized carbons (Fsp3) is 0.100. The first-order valence-corrected chi connectivity index (χ1v) is 11.2. The molecular weight excluding hydrogens is 457 g/mol. The minimum Gasteiger partial charge on any atom is -0.426 e. The van der Waals surface area contributed by atoms with E-state index in [-0.39, 0.29) is 11.5 Å². The molecule has 4 rings (SSSR count). The van der Waals surface area contributed by atoms with Crippen molar-refractivity contribution in [2.75, 3.05) is 0 Å². The molecule has 0 aliphatic carbocycles. The number of aryl methyl sites for hydroxylation is 1. The summed E-state index contributed by atoms with van der Waals surface area (Å²) in [6, 6.07) is 27.5. The van der Waals surface area contributed by atoms with Crippen LogP contribution in [0.15, 0.2) is 91.0 Å². The van der Waals surface area contributed by atoms with Gasteiger partial charge in [-0.2, -0.15) is 5.26 Å². The first-order chi connectivity index (χ1) is 17.3. The van der Waals surface area contributed by atoms with Gasteiger partial charge in [0.2, 0.25) is 0 Å². The monoisotopic (exact) mass is 479 g/mol. The summed E-state index contributed by atoms with van der Waals surface area (Å²) in [5.74, 6) is -3.13. The third-order valence-electron chi connectivity index (χ3n) is 5.65. The molecule has 0 radical (unpaired) electrons. The van der Waals surface area contributed by atoms with Crippen LogP contribution >= 0.6 is 0 Å². The standard InChI is InChI=1S/C30H22FNO4/c1-19-3-7-24(8-4-19)27-16-15-26(17-28(27)31)36-30(34)20(2)29(33)35-25-13-11-23(12-14-25)22-9-5-21(18-32)6-10-22/h3-17,20H,1-2H3. The van der Waals surface area contributed by atoms with E-state index in [1.165, 1.54) is 19.1 Å². The average molecular weight is 480 g/mol. The van der Waals surface area contributed by atoms with Crippen LogP contribution in [0.1, 0.15) is 18.1 Å². The van der Waals surface area contributed by atoms with E-state index >= 15 is 0 Å². The molecule has 0 heterocycles. The van der Waals surface area contributed by atoms with Gasteiger partial charge in [-0.05, 0) is 66.9 Å². The zero-order valence-corrected chi connectivity index (χ0v) is 19.7. The van der Waals surface area contributed by atoms with E-state index in [4.69, 9.17) is 14.7 Å². The van der Waals surface area contributed by atoms with Gasteiger partial charge in [-0.1, -0.05) is 54.1 Å². The van der Waals surface area contributed by atoms with Crippen LogP contribution in [0.2, 0.25) is 0 Å². The quantitative estimate of drug-likeness (QED) is 0.180. The molecule has 0 amide bonds. The van der Waals surface area contributed by atoms with Gasteiger partial charge in [-0.3, -0.25) is 9.59 Å². The molecule has 0 bridgehead atoms. The average Bonchev–Trinajstić information content (AvgIpc) is 2.89. The second kappa shape index (κ2) is 10.7. The van der Waals surface area contributed by atoms with Gasteiger partial charge in [-0.15, -0.1) is 0 Å². The maximum atomic E-state index is 14.6. The van der Waals surface area contributed by atoms with Crippen molar-refractivity contribution in [3.8, 4) is 39.8 Å². The van der Waals surface area contributed by atoms with Crippen LogP contribution < -0.4 is 9.47 Å². The molecule has 5 nitrogen and oxygen atoms in total. The predicted octanol–water partition coefficient (Wildman–Crippen LogP) is 6.49. The van der Waals surface area contributed by atoms with Crippen LogP contribution in [-0.2, 0) is 9.59 Å². The summed E-state index contributed by atoms with van der Waals surface area (Å²) in [7, 11) is 0. The molecule has 0 spiro atoms. The second-order valence-electron chi connectivity index (χ2n) is 8.29. The van der Waals surface area contributed by atoms with Gasteiger partial charge in [0.25, 0.3) is 0 Å². The van der Waals surface area contributed by atoms with Crippen molar-refractivity contribution >= 4 is 11.9 Å². The van der Waals surface area contributed by atoms with Gasteiger partial charge in [0.05, 0.1) is 11.6 Å². The summed E-state index contributed by atoms with van der Waals surface area (Å²) in [5, 5.41) is 8.91. The van der Waals surface area contributed by atoms with Crippen LogP contribution in [0.4, 0.5) is 4.39 Å². The fourth-order valence-corrected chi connectivity index (χ4v) is 3.48. The molecular formula is C30H22FNO4. The SMILES string of the molecule is Cc1ccc(-c2ccc(OC(=O)C(C)C(=O)Oc3ccc(-c4ccc(C#N)cc4)cc3)cc2F)cc1. The Labute approximate surface area is 208 Å². The highest BCUT2D eigenvalue weighted by atomic mass is 19.1. The summed E-state index contributed by atoms with van der Waals surface area (Å²) in [6.07, 6.45) is 0. The number of nitrogens with zero attached hydrogens (tertiary/aromatic N) is 1. The number of carbonyl (C=O) groups is 2. The molecule has 178 valence electrons. The van der Waals surface area contributed by atoms with E-state index in [1.807, 2.05) is 43.3 Å². The molecule has 1 unspecified atom stereocenters. The number of halogens is 1. The van der Waals surface area contributed by atoms with Crippen LogP contribution in [0.25, 0.3) is 22.3 Å². The minimum atomic E-state index is -1.22. The number of carbonyl (C=O) groups excluding carboxylic acids is 2. The first kappa shape index (κ1) is 24.4. The van der Waals surface area contributed by atoms with E-state index < -0.39 is 23.7 Å². The van der Waals surface area contributed by atoms with Crippen molar-refractivity contribution in [3.05, 3.63) is 108 Å². The van der Waals surface area contributed by atoms with Gasteiger partial charge < -0.3 is 9.47 Å². The van der Waals surface area contributed by atoms with Gasteiger partial charge in [-0.25, -0.2) is 4.39 Å². The molecule has 36 heavy (non-hydrogen) atoms. The summed E-state index contributed by atoms with van der Waals surface area (Å²) in [5.41, 5.74) is 4.50. The van der Waals surface area contributed by atoms with Crippen LogP contribution in [0.5, 0.6) is 11.5 Å². The van der Waals surface area contributed by atoms with Crippen LogP contribution in [0.3, 0.4) is 0 Å². The summed E-state index contributed by atoms with van der Waals surface area (Å²) >= 11 is 0. The Hall–Kier alpha value is -4.76. The molecule has 4 aromatic carbocycles. The lowest BCUT2D eigenvalue weighted by molar-refractivity contribution is -0.150. The number of hydrogen-bond acceptors (Lipinski definition) is 5. The normalized spacial score (nSPS) is 11.3. The second-order valence-corrected chi connectivity index (χ2v) is 8.29. The number of nitriles is 1. The van der Waals surface area contributed by atoms with E-state index in [9.17, 15) is 14.0 Å². The number of ether oxygens (including phenoxy) is 2. The Bertz CT molecular complexity index is 1440. The van der Waals surface area contributed by atoms with Gasteiger partial charge in [0.1, 0.15) is 17.3 Å². The molecule has 4 aromatic rings. The Morgan fingerprint density at radius 3 is 1.81 bits per heavy atom. The number of esters is 2. The molecule has 0 N–H and O–H groups in total. The van der Waals surface area contributed by atoms with Crippen molar-refractivity contribution < 1.29 is 23.5 Å². The number of hydrogen-bond donors (Lipinski definition) is 0. The number of rotatable bonds is 6. The van der Waals surface area contributed by atoms with Crippen molar-refractivity contribution in [2.45, 2.75) is 13.8 Å². The van der Waals surface area contributed by atoms with Gasteiger partial charge in [0, 0.05) is 11.6 Å². The highest BCUT2D eigenvalue weighted by Gasteiger charge is 2.26. The summed E-state index contributed by atoms with van der Waals surface area (Å²) in [4.78, 5) is 24.9. The zero-order valence-electron chi connectivity index (χ0n) is 19.7. The smallest absolute Gasteiger partial charge is 0.325 e. The highest BCUT2D eigenvalue weighted by Crippen LogP contribution is 2.27. The topological polar surface area (TPSA) is 76.4 Å². The zero-order chi connectivity index (χ0) is 25.7. The van der Waals surface area contributed by atoms with E-state index in [2.05, 4.69) is 6.07 Å². The molecule has 0 saturated carbocycles. The Morgan fingerprint density at radius 1 is 0.750 bits per heavy atom.